The highest BCUT2D eigenvalue weighted by Crippen LogP contribution is 2.30. The molecule has 1 aliphatic heterocycles. The summed E-state index contributed by atoms with van der Waals surface area (Å²) in [6.07, 6.45) is 3.03. The Hall–Kier alpha value is -3.40. The van der Waals surface area contributed by atoms with Crippen LogP contribution in [-0.4, -0.2) is 12.1 Å². The molecule has 1 atom stereocenters. The van der Waals surface area contributed by atoms with E-state index in [-0.39, 0.29) is 5.57 Å². The van der Waals surface area contributed by atoms with Gasteiger partial charge in [0, 0.05) is 16.3 Å². The van der Waals surface area contributed by atoms with Crippen molar-refractivity contribution < 1.29 is 9.21 Å². The third-order valence-corrected chi connectivity index (χ3v) is 5.27. The molecule has 0 bridgehead atoms. The van der Waals surface area contributed by atoms with Crippen molar-refractivity contribution in [2.24, 2.45) is 0 Å². The standard InChI is InChI=1S/C23H16ClN3O2S/c24-16-8-6-15(7-9-16)20-12-10-18(29-20)11-13-21-26-22(28)19(14-25)23(30)27(21)17-4-2-1-3-5-17/h1-13,21,30H,(H,26,28)/b13-11+. The Morgan fingerprint density at radius 1 is 1.10 bits per heavy atom. The van der Waals surface area contributed by atoms with E-state index in [4.69, 9.17) is 16.0 Å². The third-order valence-electron chi connectivity index (χ3n) is 4.58. The number of halogens is 1. The van der Waals surface area contributed by atoms with Gasteiger partial charge in [-0.25, -0.2) is 0 Å². The van der Waals surface area contributed by atoms with Crippen molar-refractivity contribution in [2.75, 3.05) is 4.90 Å². The average Bonchev–Trinajstić information content (AvgIpc) is 3.22. The lowest BCUT2D eigenvalue weighted by atomic mass is 10.1. The summed E-state index contributed by atoms with van der Waals surface area (Å²) >= 11 is 10.4. The minimum atomic E-state index is -0.534. The molecule has 2 aromatic carbocycles. The molecule has 1 aromatic heterocycles. The zero-order valence-corrected chi connectivity index (χ0v) is 17.3. The van der Waals surface area contributed by atoms with Crippen molar-refractivity contribution >= 4 is 41.9 Å². The molecule has 148 valence electrons. The number of nitriles is 1. The van der Waals surface area contributed by atoms with Crippen LogP contribution in [0.25, 0.3) is 17.4 Å². The van der Waals surface area contributed by atoms with Crippen molar-refractivity contribution in [3.8, 4) is 17.4 Å². The maximum atomic E-state index is 12.3. The quantitative estimate of drug-likeness (QED) is 0.552. The normalized spacial score (nSPS) is 16.6. The van der Waals surface area contributed by atoms with Crippen molar-refractivity contribution in [3.05, 3.63) is 94.2 Å². The van der Waals surface area contributed by atoms with Crippen LogP contribution in [0.5, 0.6) is 0 Å². The van der Waals surface area contributed by atoms with Crippen LogP contribution in [0.4, 0.5) is 5.69 Å². The van der Waals surface area contributed by atoms with Crippen LogP contribution in [0.3, 0.4) is 0 Å². The van der Waals surface area contributed by atoms with Crippen molar-refractivity contribution in [1.82, 2.24) is 5.32 Å². The van der Waals surface area contributed by atoms with E-state index >= 15 is 0 Å². The zero-order chi connectivity index (χ0) is 21.1. The Kier molecular flexibility index (Phi) is 5.66. The minimum Gasteiger partial charge on any atom is -0.457 e. The highest BCUT2D eigenvalue weighted by molar-refractivity contribution is 7.84. The predicted octanol–water partition coefficient (Wildman–Crippen LogP) is 5.24. The van der Waals surface area contributed by atoms with E-state index in [1.807, 2.05) is 60.7 Å². The fraction of sp³-hybridized carbons (Fsp3) is 0.0435. The van der Waals surface area contributed by atoms with Gasteiger partial charge in [0.15, 0.2) is 0 Å². The number of carbonyl (C=O) groups is 1. The van der Waals surface area contributed by atoms with E-state index in [9.17, 15) is 10.1 Å². The van der Waals surface area contributed by atoms with Gasteiger partial charge in [0.05, 0.1) is 5.03 Å². The van der Waals surface area contributed by atoms with E-state index in [1.54, 1.807) is 29.2 Å². The molecule has 1 N–H and O–H groups in total. The van der Waals surface area contributed by atoms with Gasteiger partial charge in [0.25, 0.3) is 5.91 Å². The number of para-hydroxylation sites is 1. The molecular weight excluding hydrogens is 418 g/mol. The Morgan fingerprint density at radius 3 is 2.53 bits per heavy atom. The molecule has 1 aliphatic rings. The van der Waals surface area contributed by atoms with E-state index in [0.29, 0.717) is 21.6 Å². The van der Waals surface area contributed by atoms with Crippen molar-refractivity contribution in [1.29, 1.82) is 5.26 Å². The molecule has 2 heterocycles. The maximum Gasteiger partial charge on any atom is 0.266 e. The van der Waals surface area contributed by atoms with Gasteiger partial charge in [0.2, 0.25) is 0 Å². The van der Waals surface area contributed by atoms with Gasteiger partial charge in [0.1, 0.15) is 29.3 Å². The number of benzene rings is 2. The Balaban J connectivity index is 1.63. The van der Waals surface area contributed by atoms with E-state index in [2.05, 4.69) is 17.9 Å². The van der Waals surface area contributed by atoms with Gasteiger partial charge < -0.3 is 14.6 Å². The first-order valence-electron chi connectivity index (χ1n) is 9.09. The van der Waals surface area contributed by atoms with Crippen LogP contribution in [-0.2, 0) is 4.79 Å². The van der Waals surface area contributed by atoms with Gasteiger partial charge in [-0.05, 0) is 60.7 Å². The number of hydrogen-bond donors (Lipinski definition) is 2. The molecular formula is C23H16ClN3O2S. The van der Waals surface area contributed by atoms with Crippen LogP contribution in [0.15, 0.2) is 87.8 Å². The van der Waals surface area contributed by atoms with Crippen LogP contribution in [0.1, 0.15) is 5.76 Å². The Morgan fingerprint density at radius 2 is 1.83 bits per heavy atom. The Labute approximate surface area is 184 Å². The minimum absolute atomic E-state index is 0.0325. The van der Waals surface area contributed by atoms with E-state index in [0.717, 1.165) is 11.3 Å². The second-order valence-electron chi connectivity index (χ2n) is 6.50. The average molecular weight is 434 g/mol. The molecule has 4 rings (SSSR count). The summed E-state index contributed by atoms with van der Waals surface area (Å²) in [5, 5.41) is 13.1. The van der Waals surface area contributed by atoms with Crippen LogP contribution in [0, 0.1) is 11.3 Å². The molecule has 5 nitrogen and oxygen atoms in total. The molecule has 0 saturated heterocycles. The molecule has 30 heavy (non-hydrogen) atoms. The van der Waals surface area contributed by atoms with Crippen molar-refractivity contribution in [3.63, 3.8) is 0 Å². The smallest absolute Gasteiger partial charge is 0.266 e. The lowest BCUT2D eigenvalue weighted by Crippen LogP contribution is -2.51. The molecule has 3 aromatic rings. The summed E-state index contributed by atoms with van der Waals surface area (Å²) in [4.78, 5) is 14.1. The van der Waals surface area contributed by atoms with E-state index < -0.39 is 12.1 Å². The molecule has 7 heteroatoms. The molecule has 1 unspecified atom stereocenters. The summed E-state index contributed by atoms with van der Waals surface area (Å²) in [5.74, 6) is 0.865. The third kappa shape index (κ3) is 3.99. The first-order valence-corrected chi connectivity index (χ1v) is 9.92. The molecule has 0 aliphatic carbocycles. The van der Waals surface area contributed by atoms with Crippen LogP contribution < -0.4 is 10.2 Å². The molecule has 0 fully saturated rings. The second kappa shape index (κ2) is 8.54. The van der Waals surface area contributed by atoms with Crippen LogP contribution in [0.2, 0.25) is 5.02 Å². The summed E-state index contributed by atoms with van der Waals surface area (Å²) in [5.41, 5.74) is 1.68. The number of furan rings is 1. The number of rotatable bonds is 4. The monoisotopic (exact) mass is 433 g/mol. The molecule has 1 amide bonds. The highest BCUT2D eigenvalue weighted by atomic mass is 35.5. The number of nitrogens with one attached hydrogen (secondary N) is 1. The summed E-state index contributed by atoms with van der Waals surface area (Å²) in [7, 11) is 0. The summed E-state index contributed by atoms with van der Waals surface area (Å²) < 4.78 is 5.89. The molecule has 0 spiro atoms. The largest absolute Gasteiger partial charge is 0.457 e. The van der Waals surface area contributed by atoms with Gasteiger partial charge in [-0.1, -0.05) is 29.8 Å². The number of nitrogens with zero attached hydrogens (tertiary/aromatic N) is 2. The predicted molar refractivity (Wildman–Crippen MR) is 121 cm³/mol. The molecule has 0 radical (unpaired) electrons. The topological polar surface area (TPSA) is 69.3 Å². The zero-order valence-electron chi connectivity index (χ0n) is 15.6. The van der Waals surface area contributed by atoms with Crippen molar-refractivity contribution in [2.45, 2.75) is 6.17 Å². The number of thiol groups is 1. The maximum absolute atomic E-state index is 12.3. The summed E-state index contributed by atoms with van der Waals surface area (Å²) in [6, 6.07) is 22.4. The first kappa shape index (κ1) is 19.9. The van der Waals surface area contributed by atoms with Gasteiger partial charge in [-0.2, -0.15) is 5.26 Å². The lowest BCUT2D eigenvalue weighted by molar-refractivity contribution is -0.117. The van der Waals surface area contributed by atoms with Crippen LogP contribution >= 0.6 is 24.2 Å². The molecule has 0 saturated carbocycles. The van der Waals surface area contributed by atoms with Gasteiger partial charge in [-0.15, -0.1) is 12.6 Å². The first-order chi connectivity index (χ1) is 14.6. The second-order valence-corrected chi connectivity index (χ2v) is 7.36. The Bertz CT molecular complexity index is 1180. The highest BCUT2D eigenvalue weighted by Gasteiger charge is 2.31. The summed E-state index contributed by atoms with van der Waals surface area (Å²) in [6.45, 7) is 0. The fourth-order valence-corrected chi connectivity index (χ4v) is 3.65. The number of carbonyl (C=O) groups excluding carboxylic acids is 1. The number of anilines is 1. The van der Waals surface area contributed by atoms with Gasteiger partial charge >= 0.3 is 0 Å². The van der Waals surface area contributed by atoms with Gasteiger partial charge in [-0.3, -0.25) is 4.79 Å². The lowest BCUT2D eigenvalue weighted by Gasteiger charge is -2.36. The van der Waals surface area contributed by atoms with E-state index in [1.165, 1.54) is 0 Å². The fourth-order valence-electron chi connectivity index (χ4n) is 3.13. The number of amides is 1. The SMILES string of the molecule is N#CC1=C(S)N(c2ccccc2)C(/C=C/c2ccc(-c3ccc(Cl)cc3)o2)NC1=O. The number of hydrogen-bond acceptors (Lipinski definition) is 5.